The molecular weight excluding hydrogens is 329 g/mol. The van der Waals surface area contributed by atoms with Crippen molar-refractivity contribution in [3.63, 3.8) is 0 Å². The smallest absolute Gasteiger partial charge is 0.282 e. The molecule has 2 rings (SSSR count). The van der Waals surface area contributed by atoms with Gasteiger partial charge < -0.3 is 9.47 Å². The average Bonchev–Trinajstić information content (AvgIpc) is 2.83. The molecule has 2 aromatic rings. The number of aromatic nitrogens is 2. The van der Waals surface area contributed by atoms with Crippen LogP contribution in [0, 0.1) is 0 Å². The van der Waals surface area contributed by atoms with Crippen LogP contribution in [0.4, 0.5) is 4.79 Å². The summed E-state index contributed by atoms with van der Waals surface area (Å²) < 4.78 is 1.86. The largest absolute Gasteiger partial charge is 0.340 e. The molecule has 7 heteroatoms. The first-order chi connectivity index (χ1) is 9.91. The van der Waals surface area contributed by atoms with Crippen LogP contribution in [0.1, 0.15) is 16.6 Å². The Labute approximate surface area is 138 Å². The number of hydrogen-bond donors (Lipinski definition) is 0. The molecule has 0 aliphatic carbocycles. The first-order valence-electron chi connectivity index (χ1n) is 6.21. The van der Waals surface area contributed by atoms with E-state index >= 15 is 0 Å². The third kappa shape index (κ3) is 3.54. The van der Waals surface area contributed by atoms with Gasteiger partial charge >= 0.3 is 0 Å². The van der Waals surface area contributed by atoms with Crippen LogP contribution in [-0.4, -0.2) is 33.8 Å². The van der Waals surface area contributed by atoms with E-state index < -0.39 is 0 Å². The highest BCUT2D eigenvalue weighted by molar-refractivity contribution is 8.13. The van der Waals surface area contributed by atoms with Gasteiger partial charge in [-0.15, -0.1) is 0 Å². The van der Waals surface area contributed by atoms with E-state index in [1.165, 1.54) is 4.90 Å². The minimum atomic E-state index is -0.360. The summed E-state index contributed by atoms with van der Waals surface area (Å²) in [5, 5.41) is 0.601. The molecule has 0 N–H and O–H groups in total. The van der Waals surface area contributed by atoms with E-state index in [0.717, 1.165) is 17.6 Å². The minimum absolute atomic E-state index is 0.0843. The lowest BCUT2D eigenvalue weighted by Gasteiger charge is -2.20. The highest BCUT2D eigenvalue weighted by Gasteiger charge is 2.27. The average molecular weight is 344 g/mol. The predicted molar refractivity (Wildman–Crippen MR) is 88.2 cm³/mol. The molecule has 0 saturated carbocycles. The van der Waals surface area contributed by atoms with Gasteiger partial charge in [0.1, 0.15) is 11.1 Å². The van der Waals surface area contributed by atoms with Crippen LogP contribution in [-0.2, 0) is 7.05 Å². The maximum Gasteiger partial charge on any atom is 0.282 e. The third-order valence-electron chi connectivity index (χ3n) is 2.94. The summed E-state index contributed by atoms with van der Waals surface area (Å²) in [6, 6.07) is 5.31. The van der Waals surface area contributed by atoms with Crippen LogP contribution in [0.2, 0.25) is 10.0 Å². The van der Waals surface area contributed by atoms with E-state index in [4.69, 9.17) is 23.2 Å². The van der Waals surface area contributed by atoms with E-state index in [1.54, 1.807) is 38.5 Å². The topological polar surface area (TPSA) is 38.1 Å². The molecule has 1 unspecified atom stereocenters. The number of thioether (sulfide) groups is 1. The number of rotatable bonds is 3. The third-order valence-corrected chi connectivity index (χ3v) is 4.85. The molecule has 1 aromatic heterocycles. The molecule has 0 saturated heterocycles. The number of nitrogens with zero attached hydrogens (tertiary/aromatic N) is 3. The fourth-order valence-electron chi connectivity index (χ4n) is 1.84. The van der Waals surface area contributed by atoms with Crippen LogP contribution in [0.25, 0.3) is 0 Å². The summed E-state index contributed by atoms with van der Waals surface area (Å²) in [6.45, 7) is 0. The maximum absolute atomic E-state index is 12.1. The van der Waals surface area contributed by atoms with Gasteiger partial charge in [-0.05, 0) is 23.9 Å². The molecule has 4 nitrogen and oxygen atoms in total. The van der Waals surface area contributed by atoms with Gasteiger partial charge in [-0.3, -0.25) is 4.79 Å². The van der Waals surface area contributed by atoms with Crippen molar-refractivity contribution in [2.75, 3.05) is 14.1 Å². The second kappa shape index (κ2) is 6.73. The summed E-state index contributed by atoms with van der Waals surface area (Å²) in [6.07, 6.45) is 3.52. The zero-order valence-corrected chi connectivity index (χ0v) is 14.2. The number of amides is 1. The Bertz CT molecular complexity index is 637. The molecule has 1 heterocycles. The number of aryl methyl sites for hydroxylation is 1. The molecule has 0 aliphatic heterocycles. The van der Waals surface area contributed by atoms with Crippen molar-refractivity contribution in [3.05, 3.63) is 52.0 Å². The molecule has 0 spiro atoms. The molecule has 1 atom stereocenters. The van der Waals surface area contributed by atoms with Crippen molar-refractivity contribution in [1.82, 2.24) is 14.5 Å². The van der Waals surface area contributed by atoms with Crippen LogP contribution >= 0.6 is 35.0 Å². The van der Waals surface area contributed by atoms with Gasteiger partial charge in [0.05, 0.1) is 0 Å². The number of halogens is 2. The molecular formula is C14H15Cl2N3OS. The second-order valence-electron chi connectivity index (χ2n) is 4.69. The van der Waals surface area contributed by atoms with Crippen LogP contribution in [0.5, 0.6) is 0 Å². The minimum Gasteiger partial charge on any atom is -0.340 e. The Morgan fingerprint density at radius 3 is 2.43 bits per heavy atom. The van der Waals surface area contributed by atoms with Crippen molar-refractivity contribution in [2.45, 2.75) is 5.25 Å². The van der Waals surface area contributed by atoms with E-state index in [-0.39, 0.29) is 10.5 Å². The molecule has 0 aliphatic rings. The fourth-order valence-corrected chi connectivity index (χ4v) is 3.70. The fraction of sp³-hybridized carbons (Fsp3) is 0.286. The van der Waals surface area contributed by atoms with Crippen LogP contribution < -0.4 is 0 Å². The molecule has 1 amide bonds. The highest BCUT2D eigenvalue weighted by atomic mass is 35.5. The lowest BCUT2D eigenvalue weighted by atomic mass is 10.1. The zero-order valence-electron chi connectivity index (χ0n) is 11.9. The van der Waals surface area contributed by atoms with Gasteiger partial charge in [0.25, 0.3) is 5.24 Å². The van der Waals surface area contributed by atoms with Crippen LogP contribution in [0.15, 0.2) is 30.6 Å². The first kappa shape index (κ1) is 16.2. The normalized spacial score (nSPS) is 12.2. The van der Waals surface area contributed by atoms with E-state index in [0.29, 0.717) is 15.6 Å². The maximum atomic E-state index is 12.1. The van der Waals surface area contributed by atoms with E-state index in [2.05, 4.69) is 4.98 Å². The standard InChI is InChI=1S/C14H15Cl2N3OS/c1-18(2)14(20)21-12(13-17-7-8-19(13)3)11-9(15)5-4-6-10(11)16/h4-8,12H,1-3H3. The summed E-state index contributed by atoms with van der Waals surface area (Å²) in [5.74, 6) is 0.727. The van der Waals surface area contributed by atoms with Crippen molar-refractivity contribution in [1.29, 1.82) is 0 Å². The Morgan fingerprint density at radius 1 is 1.33 bits per heavy atom. The van der Waals surface area contributed by atoms with Gasteiger partial charge in [-0.25, -0.2) is 4.98 Å². The molecule has 0 bridgehead atoms. The number of hydrogen-bond acceptors (Lipinski definition) is 3. The molecule has 0 radical (unpaired) electrons. The zero-order chi connectivity index (χ0) is 15.6. The number of benzene rings is 1. The van der Waals surface area contributed by atoms with Crippen molar-refractivity contribution >= 4 is 40.2 Å². The van der Waals surface area contributed by atoms with E-state index in [9.17, 15) is 4.79 Å². The van der Waals surface area contributed by atoms with Crippen molar-refractivity contribution < 1.29 is 4.79 Å². The summed E-state index contributed by atoms with van der Waals surface area (Å²) in [4.78, 5) is 18.0. The Hall–Kier alpha value is -1.17. The second-order valence-corrected chi connectivity index (χ2v) is 6.56. The highest BCUT2D eigenvalue weighted by Crippen LogP contribution is 2.42. The number of imidazole rings is 1. The van der Waals surface area contributed by atoms with Crippen LogP contribution in [0.3, 0.4) is 0 Å². The lowest BCUT2D eigenvalue weighted by Crippen LogP contribution is -2.19. The lowest BCUT2D eigenvalue weighted by molar-refractivity contribution is 0.241. The SMILES string of the molecule is CN(C)C(=O)SC(c1c(Cl)cccc1Cl)c1nccn1C. The Kier molecular flexibility index (Phi) is 5.19. The first-order valence-corrected chi connectivity index (χ1v) is 7.84. The summed E-state index contributed by atoms with van der Waals surface area (Å²) in [7, 11) is 5.29. The molecule has 1 aromatic carbocycles. The van der Waals surface area contributed by atoms with Gasteiger partial charge in [0, 0.05) is 49.1 Å². The molecule has 112 valence electrons. The molecule has 21 heavy (non-hydrogen) atoms. The predicted octanol–water partition coefficient (Wildman–Crippen LogP) is 4.23. The Morgan fingerprint density at radius 2 is 1.95 bits per heavy atom. The summed E-state index contributed by atoms with van der Waals surface area (Å²) >= 11 is 13.7. The van der Waals surface area contributed by atoms with Gasteiger partial charge in [0.15, 0.2) is 0 Å². The van der Waals surface area contributed by atoms with Gasteiger partial charge in [-0.2, -0.15) is 0 Å². The summed E-state index contributed by atoms with van der Waals surface area (Å²) in [5.41, 5.74) is 0.704. The van der Waals surface area contributed by atoms with E-state index in [1.807, 2.05) is 17.8 Å². The molecule has 0 fully saturated rings. The quantitative estimate of drug-likeness (QED) is 0.836. The number of carbonyl (C=O) groups is 1. The van der Waals surface area contributed by atoms with Crippen molar-refractivity contribution in [2.24, 2.45) is 7.05 Å². The number of carbonyl (C=O) groups excluding carboxylic acids is 1. The Balaban J connectivity index is 2.51. The van der Waals surface area contributed by atoms with Gasteiger partial charge in [-0.1, -0.05) is 29.3 Å². The van der Waals surface area contributed by atoms with Gasteiger partial charge in [0.2, 0.25) is 0 Å². The van der Waals surface area contributed by atoms with Crippen molar-refractivity contribution in [3.8, 4) is 0 Å². The monoisotopic (exact) mass is 343 g/mol.